The maximum Gasteiger partial charge on any atom is 0.320 e. The number of aliphatic carboxylic acids is 1. The monoisotopic (exact) mass is 299 g/mol. The lowest BCUT2D eigenvalue weighted by Crippen LogP contribution is -2.52. The zero-order valence-electron chi connectivity index (χ0n) is 12.8. The number of anilines is 1. The van der Waals surface area contributed by atoms with Crippen LogP contribution in [0.4, 0.5) is 5.82 Å². The van der Waals surface area contributed by atoms with Crippen molar-refractivity contribution >= 4 is 22.7 Å². The lowest BCUT2D eigenvalue weighted by molar-refractivity contribution is -0.143. The van der Waals surface area contributed by atoms with Gasteiger partial charge in [0.25, 0.3) is 0 Å². The Morgan fingerprint density at radius 3 is 2.59 bits per heavy atom. The van der Waals surface area contributed by atoms with Gasteiger partial charge in [0.1, 0.15) is 11.9 Å². The molecule has 0 spiro atoms. The van der Waals surface area contributed by atoms with Crippen molar-refractivity contribution in [3.05, 3.63) is 36.4 Å². The number of hydrogen-bond acceptors (Lipinski definition) is 4. The van der Waals surface area contributed by atoms with Crippen molar-refractivity contribution in [3.63, 3.8) is 0 Å². The van der Waals surface area contributed by atoms with Crippen LogP contribution in [0.2, 0.25) is 0 Å². The lowest BCUT2D eigenvalue weighted by atomic mass is 10.1. The summed E-state index contributed by atoms with van der Waals surface area (Å²) in [6.07, 6.45) is 0.642. The van der Waals surface area contributed by atoms with Crippen LogP contribution in [0, 0.1) is 0 Å². The Balaban J connectivity index is 1.71. The highest BCUT2D eigenvalue weighted by Gasteiger charge is 2.27. The molecule has 1 fully saturated rings. The van der Waals surface area contributed by atoms with E-state index in [0.717, 1.165) is 42.9 Å². The first-order chi connectivity index (χ1) is 10.7. The third-order valence-electron chi connectivity index (χ3n) is 4.33. The number of piperazine rings is 1. The van der Waals surface area contributed by atoms with E-state index in [4.69, 9.17) is 4.98 Å². The molecule has 22 heavy (non-hydrogen) atoms. The van der Waals surface area contributed by atoms with Gasteiger partial charge in [-0.1, -0.05) is 25.1 Å². The Labute approximate surface area is 130 Å². The molecular weight excluding hydrogens is 278 g/mol. The van der Waals surface area contributed by atoms with Crippen LogP contribution in [0.25, 0.3) is 10.9 Å². The summed E-state index contributed by atoms with van der Waals surface area (Å²) in [4.78, 5) is 20.3. The average molecular weight is 299 g/mol. The van der Waals surface area contributed by atoms with Gasteiger partial charge in [-0.2, -0.15) is 0 Å². The van der Waals surface area contributed by atoms with Crippen LogP contribution in [0.5, 0.6) is 0 Å². The second kappa shape index (κ2) is 6.32. The van der Waals surface area contributed by atoms with E-state index >= 15 is 0 Å². The summed E-state index contributed by atoms with van der Waals surface area (Å²) in [5, 5.41) is 10.4. The first-order valence-electron chi connectivity index (χ1n) is 7.76. The van der Waals surface area contributed by atoms with Crippen LogP contribution >= 0.6 is 0 Å². The summed E-state index contributed by atoms with van der Waals surface area (Å²) in [7, 11) is 0. The number of para-hydroxylation sites is 1. The summed E-state index contributed by atoms with van der Waals surface area (Å²) in [5.74, 6) is 0.251. The maximum atomic E-state index is 11.3. The number of aromatic nitrogens is 1. The van der Waals surface area contributed by atoms with Crippen LogP contribution in [0.15, 0.2) is 36.4 Å². The smallest absolute Gasteiger partial charge is 0.320 e. The number of rotatable bonds is 4. The molecule has 116 valence electrons. The molecule has 1 aliphatic rings. The molecule has 3 rings (SSSR count). The van der Waals surface area contributed by atoms with Crippen LogP contribution in [-0.4, -0.2) is 53.2 Å². The van der Waals surface area contributed by atoms with Crippen molar-refractivity contribution in [2.45, 2.75) is 19.4 Å². The van der Waals surface area contributed by atoms with Crippen molar-refractivity contribution in [3.8, 4) is 0 Å². The van der Waals surface area contributed by atoms with Crippen molar-refractivity contribution in [2.24, 2.45) is 0 Å². The molecule has 0 amide bonds. The maximum absolute atomic E-state index is 11.3. The molecule has 5 nitrogen and oxygen atoms in total. The second-order valence-electron chi connectivity index (χ2n) is 5.65. The van der Waals surface area contributed by atoms with E-state index in [1.54, 1.807) is 0 Å². The molecule has 1 saturated heterocycles. The van der Waals surface area contributed by atoms with Crippen LogP contribution in [0.3, 0.4) is 0 Å². The number of nitrogens with zero attached hydrogens (tertiary/aromatic N) is 3. The van der Waals surface area contributed by atoms with Gasteiger partial charge in [0.2, 0.25) is 0 Å². The summed E-state index contributed by atoms with van der Waals surface area (Å²) >= 11 is 0. The molecular formula is C17H21N3O2. The van der Waals surface area contributed by atoms with Gasteiger partial charge in [-0.15, -0.1) is 0 Å². The highest BCUT2D eigenvalue weighted by molar-refractivity contribution is 5.80. The molecule has 5 heteroatoms. The van der Waals surface area contributed by atoms with Crippen molar-refractivity contribution < 1.29 is 9.90 Å². The van der Waals surface area contributed by atoms with E-state index in [0.29, 0.717) is 6.42 Å². The Morgan fingerprint density at radius 1 is 1.18 bits per heavy atom. The zero-order valence-corrected chi connectivity index (χ0v) is 12.8. The fourth-order valence-electron chi connectivity index (χ4n) is 3.08. The molecule has 0 bridgehead atoms. The Kier molecular flexibility index (Phi) is 4.24. The first kappa shape index (κ1) is 14.8. The third kappa shape index (κ3) is 2.90. The van der Waals surface area contributed by atoms with E-state index < -0.39 is 5.97 Å². The van der Waals surface area contributed by atoms with E-state index in [9.17, 15) is 9.90 Å². The van der Waals surface area contributed by atoms with Crippen molar-refractivity contribution in [1.29, 1.82) is 0 Å². The molecule has 0 radical (unpaired) electrons. The van der Waals surface area contributed by atoms with Crippen LogP contribution in [-0.2, 0) is 4.79 Å². The summed E-state index contributed by atoms with van der Waals surface area (Å²) in [5.41, 5.74) is 0.999. The quantitative estimate of drug-likeness (QED) is 0.938. The van der Waals surface area contributed by atoms with Gasteiger partial charge in [-0.3, -0.25) is 9.69 Å². The van der Waals surface area contributed by atoms with Gasteiger partial charge in [-0.05, 0) is 24.6 Å². The molecule has 1 aliphatic heterocycles. The van der Waals surface area contributed by atoms with Crippen molar-refractivity contribution in [2.75, 3.05) is 31.1 Å². The number of fused-ring (bicyclic) bond motifs is 1. The van der Waals surface area contributed by atoms with E-state index in [1.165, 1.54) is 0 Å². The summed E-state index contributed by atoms with van der Waals surface area (Å²) in [6, 6.07) is 11.9. The minimum atomic E-state index is -0.722. The number of hydrogen-bond donors (Lipinski definition) is 1. The largest absolute Gasteiger partial charge is 0.480 e. The zero-order chi connectivity index (χ0) is 15.5. The number of carboxylic acid groups (broad SMARTS) is 1. The molecule has 1 aromatic heterocycles. The Morgan fingerprint density at radius 2 is 1.91 bits per heavy atom. The molecule has 2 aromatic rings. The van der Waals surface area contributed by atoms with Crippen molar-refractivity contribution in [1.82, 2.24) is 9.88 Å². The van der Waals surface area contributed by atoms with Gasteiger partial charge in [-0.25, -0.2) is 4.98 Å². The molecule has 1 atom stereocenters. The van der Waals surface area contributed by atoms with Gasteiger partial charge >= 0.3 is 5.97 Å². The summed E-state index contributed by atoms with van der Waals surface area (Å²) in [6.45, 7) is 5.08. The third-order valence-corrected chi connectivity index (χ3v) is 4.33. The first-order valence-corrected chi connectivity index (χ1v) is 7.76. The SMILES string of the molecule is CCC(C(=O)O)N1CCN(c2ccc3ccccc3n2)CC1. The number of pyridine rings is 1. The second-order valence-corrected chi connectivity index (χ2v) is 5.65. The number of benzene rings is 1. The molecule has 1 unspecified atom stereocenters. The molecule has 2 heterocycles. The fraction of sp³-hybridized carbons (Fsp3) is 0.412. The molecule has 0 saturated carbocycles. The van der Waals surface area contributed by atoms with Gasteiger partial charge < -0.3 is 10.0 Å². The Bertz CT molecular complexity index is 666. The molecule has 1 N–H and O–H groups in total. The highest BCUT2D eigenvalue weighted by atomic mass is 16.4. The van der Waals surface area contributed by atoms with Crippen LogP contribution in [0.1, 0.15) is 13.3 Å². The predicted octanol–water partition coefficient (Wildman–Crippen LogP) is 2.22. The minimum Gasteiger partial charge on any atom is -0.480 e. The highest BCUT2D eigenvalue weighted by Crippen LogP contribution is 2.20. The van der Waals surface area contributed by atoms with E-state index in [1.807, 2.05) is 31.2 Å². The Hall–Kier alpha value is -2.14. The van der Waals surface area contributed by atoms with E-state index in [2.05, 4.69) is 21.9 Å². The van der Waals surface area contributed by atoms with Gasteiger partial charge in [0.15, 0.2) is 0 Å². The van der Waals surface area contributed by atoms with Gasteiger partial charge in [0, 0.05) is 31.6 Å². The van der Waals surface area contributed by atoms with E-state index in [-0.39, 0.29) is 6.04 Å². The standard InChI is InChI=1S/C17H21N3O2/c1-2-15(17(21)22)19-9-11-20(12-10-19)16-8-7-13-5-3-4-6-14(13)18-16/h3-8,15H,2,9-12H2,1H3,(H,21,22). The topological polar surface area (TPSA) is 56.7 Å². The number of carboxylic acids is 1. The molecule has 0 aliphatic carbocycles. The van der Waals surface area contributed by atoms with Gasteiger partial charge in [0.05, 0.1) is 5.52 Å². The number of carbonyl (C=O) groups is 1. The van der Waals surface area contributed by atoms with Crippen LogP contribution < -0.4 is 4.90 Å². The minimum absolute atomic E-state index is 0.369. The predicted molar refractivity (Wildman–Crippen MR) is 87.2 cm³/mol. The summed E-state index contributed by atoms with van der Waals surface area (Å²) < 4.78 is 0. The molecule has 1 aromatic carbocycles. The fourth-order valence-corrected chi connectivity index (χ4v) is 3.08. The normalized spacial score (nSPS) is 17.6. The lowest BCUT2D eigenvalue weighted by Gasteiger charge is -2.38. The average Bonchev–Trinajstić information content (AvgIpc) is 2.55.